The Labute approximate surface area is 147 Å². The number of nitrogens with zero attached hydrogens (tertiary/aromatic N) is 1. The highest BCUT2D eigenvalue weighted by Gasteiger charge is 2.32. The molecule has 1 aliphatic rings. The Balaban J connectivity index is 1.59. The Kier molecular flexibility index (Phi) is 5.55. The fraction of sp³-hybridized carbons (Fsp3) is 0.389. The molecule has 0 bridgehead atoms. The van der Waals surface area contributed by atoms with Crippen LogP contribution in [0.25, 0.3) is 0 Å². The molecule has 2 heterocycles. The maximum Gasteiger partial charge on any atom is 0.224 e. The summed E-state index contributed by atoms with van der Waals surface area (Å²) in [4.78, 5) is 12.3. The SMILES string of the molecule is O=C(NCc1ccco1)[C@H]1CCCN(S(=O)(=O)Cc2ccccc2)C1. The van der Waals surface area contributed by atoms with Crippen molar-refractivity contribution in [3.8, 4) is 0 Å². The summed E-state index contributed by atoms with van der Waals surface area (Å²) in [6, 6.07) is 12.7. The van der Waals surface area contributed by atoms with Crippen LogP contribution < -0.4 is 5.32 Å². The van der Waals surface area contributed by atoms with Gasteiger partial charge in [-0.15, -0.1) is 0 Å². The number of hydrogen-bond acceptors (Lipinski definition) is 4. The highest BCUT2D eigenvalue weighted by molar-refractivity contribution is 7.88. The van der Waals surface area contributed by atoms with Gasteiger partial charge in [0.1, 0.15) is 5.76 Å². The molecule has 1 saturated heterocycles. The van der Waals surface area contributed by atoms with Crippen LogP contribution in [-0.2, 0) is 27.1 Å². The summed E-state index contributed by atoms with van der Waals surface area (Å²) < 4.78 is 31.9. The lowest BCUT2D eigenvalue weighted by atomic mass is 9.99. The maximum atomic E-state index is 12.6. The Morgan fingerprint density at radius 2 is 2.00 bits per heavy atom. The van der Waals surface area contributed by atoms with Gasteiger partial charge in [0.2, 0.25) is 15.9 Å². The molecule has 6 nitrogen and oxygen atoms in total. The molecule has 25 heavy (non-hydrogen) atoms. The summed E-state index contributed by atoms with van der Waals surface area (Å²) in [5.41, 5.74) is 0.756. The summed E-state index contributed by atoms with van der Waals surface area (Å²) in [6.07, 6.45) is 2.94. The molecule has 0 radical (unpaired) electrons. The first kappa shape index (κ1) is 17.7. The van der Waals surface area contributed by atoms with Crippen LogP contribution in [0.3, 0.4) is 0 Å². The second-order valence-electron chi connectivity index (χ2n) is 6.24. The van der Waals surface area contributed by atoms with Crippen molar-refractivity contribution in [2.75, 3.05) is 13.1 Å². The molecular formula is C18H22N2O4S. The van der Waals surface area contributed by atoms with Gasteiger partial charge in [0.25, 0.3) is 0 Å². The first-order valence-electron chi connectivity index (χ1n) is 8.36. The molecule has 0 unspecified atom stereocenters. The van der Waals surface area contributed by atoms with Gasteiger partial charge in [-0.2, -0.15) is 0 Å². The van der Waals surface area contributed by atoms with Gasteiger partial charge in [-0.25, -0.2) is 12.7 Å². The molecule has 0 spiro atoms. The number of benzene rings is 1. The number of nitrogens with one attached hydrogen (secondary N) is 1. The minimum atomic E-state index is -3.43. The first-order chi connectivity index (χ1) is 12.0. The van der Waals surface area contributed by atoms with E-state index in [0.29, 0.717) is 31.7 Å². The Morgan fingerprint density at radius 1 is 1.20 bits per heavy atom. The Bertz CT molecular complexity index is 788. The third-order valence-corrected chi connectivity index (χ3v) is 6.17. The molecule has 0 saturated carbocycles. The van der Waals surface area contributed by atoms with E-state index < -0.39 is 10.0 Å². The standard InChI is InChI=1S/C18H22N2O4S/c21-18(19-12-17-9-5-11-24-17)16-8-4-10-20(13-16)25(22,23)14-15-6-2-1-3-7-15/h1-3,5-7,9,11,16H,4,8,10,12-14H2,(H,19,21)/t16-/m0/s1. The number of carbonyl (C=O) groups excluding carboxylic acids is 1. The smallest absolute Gasteiger partial charge is 0.224 e. The third-order valence-electron chi connectivity index (χ3n) is 4.36. The number of hydrogen-bond donors (Lipinski definition) is 1. The van der Waals surface area contributed by atoms with E-state index in [0.717, 1.165) is 5.56 Å². The van der Waals surface area contributed by atoms with Crippen molar-refractivity contribution in [1.82, 2.24) is 9.62 Å². The van der Waals surface area contributed by atoms with Gasteiger partial charge < -0.3 is 9.73 Å². The summed E-state index contributed by atoms with van der Waals surface area (Å²) in [5.74, 6) is 0.192. The van der Waals surface area contributed by atoms with Crippen LogP contribution in [-0.4, -0.2) is 31.7 Å². The highest BCUT2D eigenvalue weighted by atomic mass is 32.2. The van der Waals surface area contributed by atoms with Gasteiger partial charge in [0.05, 0.1) is 24.5 Å². The zero-order valence-electron chi connectivity index (χ0n) is 13.9. The number of sulfonamides is 1. The van der Waals surface area contributed by atoms with Crippen LogP contribution in [0, 0.1) is 5.92 Å². The molecule has 2 aromatic rings. The molecule has 134 valence electrons. The number of rotatable bonds is 6. The molecule has 1 aromatic heterocycles. The fourth-order valence-corrected chi connectivity index (χ4v) is 4.63. The lowest BCUT2D eigenvalue weighted by molar-refractivity contribution is -0.126. The van der Waals surface area contributed by atoms with Crippen LogP contribution in [0.15, 0.2) is 53.1 Å². The van der Waals surface area contributed by atoms with Crippen LogP contribution in [0.2, 0.25) is 0 Å². The zero-order valence-corrected chi connectivity index (χ0v) is 14.7. The topological polar surface area (TPSA) is 79.6 Å². The van der Waals surface area contributed by atoms with Gasteiger partial charge in [0, 0.05) is 13.1 Å². The predicted molar refractivity (Wildman–Crippen MR) is 93.9 cm³/mol. The maximum absolute atomic E-state index is 12.6. The van der Waals surface area contributed by atoms with E-state index >= 15 is 0 Å². The Morgan fingerprint density at radius 3 is 2.72 bits per heavy atom. The van der Waals surface area contributed by atoms with Gasteiger partial charge >= 0.3 is 0 Å². The van der Waals surface area contributed by atoms with Crippen molar-refractivity contribution < 1.29 is 17.6 Å². The molecule has 1 N–H and O–H groups in total. The van der Waals surface area contributed by atoms with E-state index in [9.17, 15) is 13.2 Å². The van der Waals surface area contributed by atoms with E-state index in [1.807, 2.05) is 18.2 Å². The van der Waals surface area contributed by atoms with Crippen LogP contribution in [0.1, 0.15) is 24.2 Å². The van der Waals surface area contributed by atoms with Crippen molar-refractivity contribution in [3.05, 3.63) is 60.1 Å². The molecule has 3 rings (SSSR count). The largest absolute Gasteiger partial charge is 0.467 e. The van der Waals surface area contributed by atoms with Crippen LogP contribution >= 0.6 is 0 Å². The second-order valence-corrected chi connectivity index (χ2v) is 8.21. The highest BCUT2D eigenvalue weighted by Crippen LogP contribution is 2.21. The van der Waals surface area contributed by atoms with Crippen LogP contribution in [0.5, 0.6) is 0 Å². The van der Waals surface area contributed by atoms with E-state index in [-0.39, 0.29) is 24.1 Å². The molecular weight excluding hydrogens is 340 g/mol. The quantitative estimate of drug-likeness (QED) is 0.854. The average molecular weight is 362 g/mol. The van der Waals surface area contributed by atoms with Gasteiger partial charge in [-0.3, -0.25) is 4.79 Å². The van der Waals surface area contributed by atoms with E-state index in [4.69, 9.17) is 4.42 Å². The number of carbonyl (C=O) groups is 1. The van der Waals surface area contributed by atoms with E-state index in [2.05, 4.69) is 5.32 Å². The number of amides is 1. The molecule has 1 aromatic carbocycles. The second kappa shape index (κ2) is 7.84. The predicted octanol–water partition coefficient (Wildman–Crippen LogP) is 2.14. The third kappa shape index (κ3) is 4.70. The lowest BCUT2D eigenvalue weighted by Crippen LogP contribution is -2.45. The molecule has 1 aliphatic heterocycles. The van der Waals surface area contributed by atoms with Crippen molar-refractivity contribution >= 4 is 15.9 Å². The fourth-order valence-electron chi connectivity index (χ4n) is 3.02. The van der Waals surface area contributed by atoms with Gasteiger partial charge in [0.15, 0.2) is 0 Å². The summed E-state index contributed by atoms with van der Waals surface area (Å²) >= 11 is 0. The minimum Gasteiger partial charge on any atom is -0.467 e. The normalized spacial score (nSPS) is 18.8. The van der Waals surface area contributed by atoms with Crippen molar-refractivity contribution in [1.29, 1.82) is 0 Å². The number of piperidine rings is 1. The van der Waals surface area contributed by atoms with E-state index in [1.54, 1.807) is 30.5 Å². The van der Waals surface area contributed by atoms with Gasteiger partial charge in [-0.05, 0) is 30.5 Å². The molecule has 1 atom stereocenters. The molecule has 7 heteroatoms. The van der Waals surface area contributed by atoms with E-state index in [1.165, 1.54) is 4.31 Å². The average Bonchev–Trinajstić information content (AvgIpc) is 3.14. The molecule has 1 fully saturated rings. The lowest BCUT2D eigenvalue weighted by Gasteiger charge is -2.31. The van der Waals surface area contributed by atoms with Crippen molar-refractivity contribution in [3.63, 3.8) is 0 Å². The summed E-state index contributed by atoms with van der Waals surface area (Å²) in [6.45, 7) is 1.02. The Hall–Kier alpha value is -2.12. The monoisotopic (exact) mass is 362 g/mol. The minimum absolute atomic E-state index is 0.0332. The zero-order chi connectivity index (χ0) is 17.7. The number of furan rings is 1. The van der Waals surface area contributed by atoms with Crippen LogP contribution in [0.4, 0.5) is 0 Å². The first-order valence-corrected chi connectivity index (χ1v) is 9.97. The molecule has 0 aliphatic carbocycles. The summed E-state index contributed by atoms with van der Waals surface area (Å²) in [7, 11) is -3.43. The van der Waals surface area contributed by atoms with Crippen molar-refractivity contribution in [2.45, 2.75) is 25.1 Å². The summed E-state index contributed by atoms with van der Waals surface area (Å²) in [5, 5.41) is 2.82. The van der Waals surface area contributed by atoms with Gasteiger partial charge in [-0.1, -0.05) is 30.3 Å². The molecule has 1 amide bonds. The van der Waals surface area contributed by atoms with Crippen molar-refractivity contribution in [2.24, 2.45) is 5.92 Å².